The van der Waals surface area contributed by atoms with Gasteiger partial charge < -0.3 is 9.64 Å². The molecule has 0 spiro atoms. The lowest BCUT2D eigenvalue weighted by Gasteiger charge is -2.44. The largest absolute Gasteiger partial charge is 0.497 e. The fraction of sp³-hybridized carbons (Fsp3) is 0.652. The van der Waals surface area contributed by atoms with Crippen molar-refractivity contribution < 1.29 is 9.53 Å². The van der Waals surface area contributed by atoms with E-state index in [9.17, 15) is 10.1 Å². The lowest BCUT2D eigenvalue weighted by molar-refractivity contribution is -0.141. The Kier molecular flexibility index (Phi) is 6.61. The summed E-state index contributed by atoms with van der Waals surface area (Å²) < 4.78 is 5.30. The third-order valence-corrected chi connectivity index (χ3v) is 6.52. The van der Waals surface area contributed by atoms with Crippen molar-refractivity contribution in [1.29, 1.82) is 5.26 Å². The van der Waals surface area contributed by atoms with Crippen molar-refractivity contribution in [3.05, 3.63) is 29.8 Å². The molecule has 1 saturated heterocycles. The molecule has 0 bridgehead atoms. The minimum absolute atomic E-state index is 0.0671. The molecule has 1 aromatic rings. The van der Waals surface area contributed by atoms with Crippen molar-refractivity contribution in [1.82, 2.24) is 9.80 Å². The van der Waals surface area contributed by atoms with Gasteiger partial charge in [0, 0.05) is 26.2 Å². The van der Waals surface area contributed by atoms with E-state index in [1.807, 2.05) is 17.0 Å². The molecule has 1 amide bonds. The minimum Gasteiger partial charge on any atom is -0.497 e. The van der Waals surface area contributed by atoms with E-state index in [-0.39, 0.29) is 11.9 Å². The highest BCUT2D eigenvalue weighted by Gasteiger charge is 2.44. The Labute approximate surface area is 169 Å². The van der Waals surface area contributed by atoms with Crippen LogP contribution in [0.3, 0.4) is 0 Å². The molecule has 0 radical (unpaired) electrons. The summed E-state index contributed by atoms with van der Waals surface area (Å²) in [5, 5.41) is 9.48. The first-order valence-electron chi connectivity index (χ1n) is 10.6. The van der Waals surface area contributed by atoms with Gasteiger partial charge >= 0.3 is 0 Å². The van der Waals surface area contributed by atoms with Crippen molar-refractivity contribution in [2.75, 3.05) is 33.3 Å². The van der Waals surface area contributed by atoms with Gasteiger partial charge in [-0.15, -0.1) is 0 Å². The molecule has 0 N–H and O–H groups in total. The van der Waals surface area contributed by atoms with E-state index in [4.69, 9.17) is 4.74 Å². The van der Waals surface area contributed by atoms with Gasteiger partial charge in [-0.25, -0.2) is 0 Å². The first-order chi connectivity index (χ1) is 13.5. The Morgan fingerprint density at radius 1 is 1.07 bits per heavy atom. The Bertz CT molecular complexity index is 694. The molecule has 1 aliphatic heterocycles. The van der Waals surface area contributed by atoms with Crippen molar-refractivity contribution in [3.63, 3.8) is 0 Å². The van der Waals surface area contributed by atoms with Gasteiger partial charge in [0.15, 0.2) is 0 Å². The summed E-state index contributed by atoms with van der Waals surface area (Å²) in [7, 11) is 1.67. The molecule has 0 aromatic heterocycles. The number of ether oxygens (including phenoxy) is 1. The van der Waals surface area contributed by atoms with Gasteiger partial charge in [-0.2, -0.15) is 5.26 Å². The summed E-state index contributed by atoms with van der Waals surface area (Å²) in [6.07, 6.45) is 5.25. The van der Waals surface area contributed by atoms with Crippen molar-refractivity contribution in [2.24, 2.45) is 5.92 Å². The molecule has 3 rings (SSSR count). The molecule has 1 aromatic carbocycles. The molecule has 1 unspecified atom stereocenters. The smallest absolute Gasteiger partial charge is 0.233 e. The van der Waals surface area contributed by atoms with E-state index in [0.717, 1.165) is 50.1 Å². The quantitative estimate of drug-likeness (QED) is 0.780. The van der Waals surface area contributed by atoms with Crippen LogP contribution in [0.5, 0.6) is 5.75 Å². The van der Waals surface area contributed by atoms with Crippen LogP contribution < -0.4 is 4.74 Å². The van der Waals surface area contributed by atoms with Gasteiger partial charge in [0.25, 0.3) is 0 Å². The van der Waals surface area contributed by atoms with Crippen molar-refractivity contribution in [3.8, 4) is 11.8 Å². The normalized spacial score (nSPS) is 21.2. The SMILES string of the molecule is COc1ccc(C2(C(=O)N3CCN(C(C#N)C(C)C)CC3)CCCCC2)cc1. The number of carbonyl (C=O) groups excluding carboxylic acids is 1. The molecule has 2 aliphatic rings. The lowest BCUT2D eigenvalue weighted by Crippen LogP contribution is -2.57. The molecule has 1 aliphatic carbocycles. The highest BCUT2D eigenvalue weighted by atomic mass is 16.5. The van der Waals surface area contributed by atoms with Crippen molar-refractivity contribution in [2.45, 2.75) is 57.4 Å². The number of carbonyl (C=O) groups is 1. The van der Waals surface area contributed by atoms with Gasteiger partial charge in [-0.3, -0.25) is 9.69 Å². The highest BCUT2D eigenvalue weighted by molar-refractivity contribution is 5.88. The van der Waals surface area contributed by atoms with Crippen LogP contribution in [0.25, 0.3) is 0 Å². The molecular weight excluding hydrogens is 350 g/mol. The second kappa shape index (κ2) is 8.96. The number of hydrogen-bond acceptors (Lipinski definition) is 4. The third kappa shape index (κ3) is 4.03. The van der Waals surface area contributed by atoms with Gasteiger partial charge in [-0.05, 0) is 36.5 Å². The van der Waals surface area contributed by atoms with Gasteiger partial charge in [0.05, 0.1) is 18.6 Å². The maximum atomic E-state index is 13.7. The zero-order chi connectivity index (χ0) is 20.1. The number of piperazine rings is 1. The molecule has 5 nitrogen and oxygen atoms in total. The Morgan fingerprint density at radius 3 is 2.18 bits per heavy atom. The molecule has 2 fully saturated rings. The maximum absolute atomic E-state index is 13.7. The molecular formula is C23H33N3O2. The number of nitrogens with zero attached hydrogens (tertiary/aromatic N) is 3. The average Bonchev–Trinajstić information content (AvgIpc) is 2.74. The molecule has 152 valence electrons. The monoisotopic (exact) mass is 383 g/mol. The van der Waals surface area contributed by atoms with E-state index in [1.54, 1.807) is 7.11 Å². The summed E-state index contributed by atoms with van der Waals surface area (Å²) >= 11 is 0. The predicted octanol–water partition coefficient (Wildman–Crippen LogP) is 3.59. The second-order valence-electron chi connectivity index (χ2n) is 8.52. The highest BCUT2D eigenvalue weighted by Crippen LogP contribution is 2.41. The van der Waals surface area contributed by atoms with Crippen LogP contribution in [0.2, 0.25) is 0 Å². The number of methoxy groups -OCH3 is 1. The van der Waals surface area contributed by atoms with E-state index in [2.05, 4.69) is 36.9 Å². The maximum Gasteiger partial charge on any atom is 0.233 e. The molecule has 28 heavy (non-hydrogen) atoms. The topological polar surface area (TPSA) is 56.6 Å². The second-order valence-corrected chi connectivity index (χ2v) is 8.52. The average molecular weight is 384 g/mol. The summed E-state index contributed by atoms with van der Waals surface area (Å²) in [5.41, 5.74) is 0.719. The molecule has 1 atom stereocenters. The fourth-order valence-electron chi connectivity index (χ4n) is 4.85. The fourth-order valence-corrected chi connectivity index (χ4v) is 4.85. The number of rotatable bonds is 5. The Balaban J connectivity index is 1.77. The van der Waals surface area contributed by atoms with E-state index >= 15 is 0 Å². The molecule has 1 heterocycles. The Morgan fingerprint density at radius 2 is 1.68 bits per heavy atom. The standard InChI is InChI=1S/C23H33N3O2/c1-18(2)21(17-24)25-13-15-26(16-14-25)22(27)23(11-5-4-6-12-23)19-7-9-20(28-3)10-8-19/h7-10,18,21H,4-6,11-16H2,1-3H3. The van der Waals surface area contributed by atoms with Crippen LogP contribution in [0.1, 0.15) is 51.5 Å². The molecule has 1 saturated carbocycles. The summed E-state index contributed by atoms with van der Waals surface area (Å²) in [4.78, 5) is 18.0. The zero-order valence-electron chi connectivity index (χ0n) is 17.5. The van der Waals surface area contributed by atoms with E-state index < -0.39 is 5.41 Å². The van der Waals surface area contributed by atoms with Crippen LogP contribution >= 0.6 is 0 Å². The van der Waals surface area contributed by atoms with Crippen LogP contribution in [-0.4, -0.2) is 55.0 Å². The van der Waals surface area contributed by atoms with Gasteiger partial charge in [-0.1, -0.05) is 45.2 Å². The Hall–Kier alpha value is -2.06. The van der Waals surface area contributed by atoms with Gasteiger partial charge in [0.2, 0.25) is 5.91 Å². The van der Waals surface area contributed by atoms with Crippen molar-refractivity contribution >= 4 is 5.91 Å². The van der Waals surface area contributed by atoms with Gasteiger partial charge in [0.1, 0.15) is 11.8 Å². The summed E-state index contributed by atoms with van der Waals surface area (Å²) in [6.45, 7) is 7.16. The lowest BCUT2D eigenvalue weighted by atomic mass is 9.68. The van der Waals surface area contributed by atoms with Crippen LogP contribution in [0, 0.1) is 17.2 Å². The third-order valence-electron chi connectivity index (χ3n) is 6.52. The van der Waals surface area contributed by atoms with Crippen LogP contribution in [0.4, 0.5) is 0 Å². The molecule has 5 heteroatoms. The predicted molar refractivity (Wildman–Crippen MR) is 110 cm³/mol. The first kappa shape index (κ1) is 20.7. The van der Waals surface area contributed by atoms with E-state index in [1.165, 1.54) is 6.42 Å². The zero-order valence-corrected chi connectivity index (χ0v) is 17.5. The number of amides is 1. The number of nitriles is 1. The number of benzene rings is 1. The van der Waals surface area contributed by atoms with Crippen LogP contribution in [-0.2, 0) is 10.2 Å². The van der Waals surface area contributed by atoms with Crippen LogP contribution in [0.15, 0.2) is 24.3 Å². The van der Waals surface area contributed by atoms with E-state index in [0.29, 0.717) is 19.0 Å². The summed E-state index contributed by atoms with van der Waals surface area (Å²) in [6, 6.07) is 10.4. The minimum atomic E-state index is -0.403. The number of hydrogen-bond donors (Lipinski definition) is 0. The summed E-state index contributed by atoms with van der Waals surface area (Å²) in [5.74, 6) is 1.40. The first-order valence-corrected chi connectivity index (χ1v) is 10.6.